The number of anilines is 2. The van der Waals surface area contributed by atoms with Crippen LogP contribution in [-0.2, 0) is 0 Å². The SMILES string of the molecule is CCC(C)c1ccc(NC(N)=NCC2CCN(c3ccccc3)C2)cc1. The highest BCUT2D eigenvalue weighted by molar-refractivity contribution is 5.92. The molecule has 0 aliphatic carbocycles. The third-order valence-electron chi connectivity index (χ3n) is 5.29. The van der Waals surface area contributed by atoms with E-state index in [0.717, 1.165) is 38.2 Å². The zero-order valence-corrected chi connectivity index (χ0v) is 15.9. The molecule has 138 valence electrons. The maximum Gasteiger partial charge on any atom is 0.193 e. The molecule has 4 heteroatoms. The lowest BCUT2D eigenvalue weighted by molar-refractivity contribution is 0.603. The molecule has 1 heterocycles. The number of hydrogen-bond acceptors (Lipinski definition) is 2. The fraction of sp³-hybridized carbons (Fsp3) is 0.409. The predicted molar refractivity (Wildman–Crippen MR) is 112 cm³/mol. The molecular weight excluding hydrogens is 320 g/mol. The minimum absolute atomic E-state index is 0.499. The van der Waals surface area contributed by atoms with E-state index in [2.05, 4.69) is 83.7 Å². The summed E-state index contributed by atoms with van der Waals surface area (Å²) in [5.41, 5.74) is 9.73. The van der Waals surface area contributed by atoms with Crippen molar-refractivity contribution in [3.8, 4) is 0 Å². The van der Waals surface area contributed by atoms with E-state index in [9.17, 15) is 0 Å². The first-order valence-corrected chi connectivity index (χ1v) is 9.62. The standard InChI is InChI=1S/C22H30N4/c1-3-17(2)19-9-11-20(12-10-19)25-22(23)24-15-18-13-14-26(16-18)21-7-5-4-6-8-21/h4-12,17-18H,3,13-16H2,1-2H3,(H3,23,24,25). The Morgan fingerprint density at radius 3 is 2.62 bits per heavy atom. The van der Waals surface area contributed by atoms with Crippen LogP contribution in [0.2, 0.25) is 0 Å². The fourth-order valence-corrected chi connectivity index (χ4v) is 3.40. The molecule has 2 unspecified atom stereocenters. The van der Waals surface area contributed by atoms with E-state index >= 15 is 0 Å². The van der Waals surface area contributed by atoms with Crippen molar-refractivity contribution in [3.05, 3.63) is 60.2 Å². The van der Waals surface area contributed by atoms with Crippen LogP contribution in [0.15, 0.2) is 59.6 Å². The average Bonchev–Trinajstić information content (AvgIpc) is 3.16. The monoisotopic (exact) mass is 350 g/mol. The smallest absolute Gasteiger partial charge is 0.193 e. The number of nitrogens with zero attached hydrogens (tertiary/aromatic N) is 2. The molecule has 4 nitrogen and oxygen atoms in total. The Hall–Kier alpha value is -2.49. The predicted octanol–water partition coefficient (Wildman–Crippen LogP) is 4.45. The van der Waals surface area contributed by atoms with Crippen LogP contribution in [0.25, 0.3) is 0 Å². The summed E-state index contributed by atoms with van der Waals surface area (Å²) >= 11 is 0. The lowest BCUT2D eigenvalue weighted by atomic mass is 9.99. The summed E-state index contributed by atoms with van der Waals surface area (Å²) in [6, 6.07) is 19.1. The van der Waals surface area contributed by atoms with Crippen LogP contribution in [0, 0.1) is 5.92 Å². The summed E-state index contributed by atoms with van der Waals surface area (Å²) in [5.74, 6) is 1.65. The molecule has 0 spiro atoms. The van der Waals surface area contributed by atoms with Crippen LogP contribution < -0.4 is 16.0 Å². The molecule has 2 aromatic carbocycles. The van der Waals surface area contributed by atoms with E-state index in [1.165, 1.54) is 11.3 Å². The van der Waals surface area contributed by atoms with Gasteiger partial charge >= 0.3 is 0 Å². The Morgan fingerprint density at radius 1 is 1.19 bits per heavy atom. The van der Waals surface area contributed by atoms with Crippen LogP contribution in [0.3, 0.4) is 0 Å². The van der Waals surface area contributed by atoms with E-state index in [1.54, 1.807) is 0 Å². The molecule has 1 aliphatic heterocycles. The van der Waals surface area contributed by atoms with Crippen molar-refractivity contribution in [1.29, 1.82) is 0 Å². The maximum atomic E-state index is 6.08. The van der Waals surface area contributed by atoms with Crippen molar-refractivity contribution in [1.82, 2.24) is 0 Å². The van der Waals surface area contributed by atoms with Gasteiger partial charge in [-0.1, -0.05) is 44.2 Å². The molecule has 3 rings (SSSR count). The molecule has 0 saturated carbocycles. The lowest BCUT2D eigenvalue weighted by Gasteiger charge is -2.18. The summed E-state index contributed by atoms with van der Waals surface area (Å²) in [5, 5.41) is 3.21. The van der Waals surface area contributed by atoms with Gasteiger partial charge in [0.25, 0.3) is 0 Å². The highest BCUT2D eigenvalue weighted by atomic mass is 15.2. The summed E-state index contributed by atoms with van der Waals surface area (Å²) < 4.78 is 0. The molecule has 0 aromatic heterocycles. The largest absolute Gasteiger partial charge is 0.371 e. The Balaban J connectivity index is 1.49. The van der Waals surface area contributed by atoms with E-state index in [4.69, 9.17) is 5.73 Å². The molecule has 0 radical (unpaired) electrons. The number of benzene rings is 2. The summed E-state index contributed by atoms with van der Waals surface area (Å²) in [7, 11) is 0. The van der Waals surface area contributed by atoms with Gasteiger partial charge < -0.3 is 16.0 Å². The van der Waals surface area contributed by atoms with Crippen LogP contribution in [0.1, 0.15) is 38.2 Å². The third-order valence-corrected chi connectivity index (χ3v) is 5.29. The molecule has 0 amide bonds. The number of hydrogen-bond donors (Lipinski definition) is 2. The van der Waals surface area contributed by atoms with Crippen molar-refractivity contribution in [2.24, 2.45) is 16.6 Å². The van der Waals surface area contributed by atoms with Crippen LogP contribution in [0.4, 0.5) is 11.4 Å². The van der Waals surface area contributed by atoms with Crippen LogP contribution in [0.5, 0.6) is 0 Å². The van der Waals surface area contributed by atoms with Gasteiger partial charge in [0, 0.05) is 31.0 Å². The number of aliphatic imine (C=N–C) groups is 1. The Kier molecular flexibility index (Phi) is 6.16. The van der Waals surface area contributed by atoms with E-state index < -0.39 is 0 Å². The topological polar surface area (TPSA) is 53.6 Å². The number of guanidine groups is 1. The first-order valence-electron chi connectivity index (χ1n) is 9.62. The molecule has 26 heavy (non-hydrogen) atoms. The van der Waals surface area contributed by atoms with Gasteiger partial charge in [-0.25, -0.2) is 0 Å². The first-order chi connectivity index (χ1) is 12.7. The zero-order valence-electron chi connectivity index (χ0n) is 15.9. The quantitative estimate of drug-likeness (QED) is 0.598. The maximum absolute atomic E-state index is 6.08. The van der Waals surface area contributed by atoms with Gasteiger partial charge in [0.2, 0.25) is 0 Å². The molecular formula is C22H30N4. The second-order valence-corrected chi connectivity index (χ2v) is 7.22. The molecule has 3 N–H and O–H groups in total. The summed E-state index contributed by atoms with van der Waals surface area (Å²) in [6.07, 6.45) is 2.31. The lowest BCUT2D eigenvalue weighted by Crippen LogP contribution is -2.25. The second-order valence-electron chi connectivity index (χ2n) is 7.22. The molecule has 1 fully saturated rings. The fourth-order valence-electron chi connectivity index (χ4n) is 3.40. The van der Waals surface area contributed by atoms with Gasteiger partial charge in [0.1, 0.15) is 0 Å². The molecule has 1 aliphatic rings. The summed E-state index contributed by atoms with van der Waals surface area (Å²) in [6.45, 7) is 7.37. The van der Waals surface area contributed by atoms with Crippen molar-refractivity contribution in [3.63, 3.8) is 0 Å². The zero-order chi connectivity index (χ0) is 18.4. The Bertz CT molecular complexity index is 709. The van der Waals surface area contributed by atoms with Crippen molar-refractivity contribution >= 4 is 17.3 Å². The highest BCUT2D eigenvalue weighted by Gasteiger charge is 2.22. The van der Waals surface area contributed by atoms with Crippen molar-refractivity contribution in [2.45, 2.75) is 32.6 Å². The van der Waals surface area contributed by atoms with Crippen molar-refractivity contribution < 1.29 is 0 Å². The molecule has 2 atom stereocenters. The minimum Gasteiger partial charge on any atom is -0.371 e. The van der Waals surface area contributed by atoms with Crippen molar-refractivity contribution in [2.75, 3.05) is 29.9 Å². The van der Waals surface area contributed by atoms with Gasteiger partial charge in [0.15, 0.2) is 5.96 Å². The van der Waals surface area contributed by atoms with E-state index in [-0.39, 0.29) is 0 Å². The summed E-state index contributed by atoms with van der Waals surface area (Å²) in [4.78, 5) is 6.99. The van der Waals surface area contributed by atoms with Gasteiger partial charge in [-0.05, 0) is 54.5 Å². The second kappa shape index (κ2) is 8.75. The normalized spacial score (nSPS) is 18.8. The van der Waals surface area contributed by atoms with Crippen LogP contribution in [-0.4, -0.2) is 25.6 Å². The number of nitrogens with two attached hydrogens (primary N) is 1. The Labute approximate surface area is 157 Å². The molecule has 1 saturated heterocycles. The molecule has 2 aromatic rings. The van der Waals surface area contributed by atoms with Crippen LogP contribution >= 0.6 is 0 Å². The number of nitrogens with one attached hydrogen (secondary N) is 1. The number of para-hydroxylation sites is 1. The van der Waals surface area contributed by atoms with Gasteiger partial charge in [0.05, 0.1) is 0 Å². The first kappa shape index (κ1) is 18.3. The average molecular weight is 351 g/mol. The van der Waals surface area contributed by atoms with E-state index in [1.807, 2.05) is 0 Å². The number of rotatable bonds is 6. The minimum atomic E-state index is 0.499. The highest BCUT2D eigenvalue weighted by Crippen LogP contribution is 2.24. The Morgan fingerprint density at radius 2 is 1.92 bits per heavy atom. The van der Waals surface area contributed by atoms with Gasteiger partial charge in [-0.15, -0.1) is 0 Å². The van der Waals surface area contributed by atoms with E-state index in [0.29, 0.717) is 17.8 Å². The van der Waals surface area contributed by atoms with Gasteiger partial charge in [-0.2, -0.15) is 0 Å². The third kappa shape index (κ3) is 4.78. The van der Waals surface area contributed by atoms with Gasteiger partial charge in [-0.3, -0.25) is 4.99 Å². The molecule has 0 bridgehead atoms.